The minimum Gasteiger partial charge on any atom is -0.328 e. The Morgan fingerprint density at radius 1 is 1.37 bits per heavy atom. The quantitative estimate of drug-likeness (QED) is 0.884. The van der Waals surface area contributed by atoms with Crippen LogP contribution in [0.1, 0.15) is 50.3 Å². The average molecular weight is 262 g/mol. The van der Waals surface area contributed by atoms with E-state index in [1.807, 2.05) is 0 Å². The Hall–Kier alpha value is -0.870. The van der Waals surface area contributed by atoms with Gasteiger partial charge in [-0.05, 0) is 44.7 Å². The van der Waals surface area contributed by atoms with Crippen LogP contribution in [0.2, 0.25) is 0 Å². The molecular weight excluding hydrogens is 236 g/mol. The number of hydrogen-bond donors (Lipinski definition) is 1. The summed E-state index contributed by atoms with van der Waals surface area (Å²) < 4.78 is 2.19. The van der Waals surface area contributed by atoms with Gasteiger partial charge in [-0.3, -0.25) is 4.68 Å². The molecule has 0 aromatic carbocycles. The molecule has 0 saturated heterocycles. The first-order valence-electron chi connectivity index (χ1n) is 7.69. The fourth-order valence-corrected chi connectivity index (χ4v) is 3.55. The number of hydrogen-bond acceptors (Lipinski definition) is 3. The highest BCUT2D eigenvalue weighted by Gasteiger charge is 2.26. The molecule has 0 aliphatic heterocycles. The third-order valence-electron chi connectivity index (χ3n) is 4.64. The Kier molecular flexibility index (Phi) is 3.89. The Bertz CT molecular complexity index is 402. The Balaban J connectivity index is 1.49. The largest absolute Gasteiger partial charge is 0.328 e. The molecule has 0 bridgehead atoms. The van der Waals surface area contributed by atoms with Gasteiger partial charge in [0.2, 0.25) is 0 Å². The van der Waals surface area contributed by atoms with Crippen LogP contribution in [-0.2, 0) is 6.54 Å². The summed E-state index contributed by atoms with van der Waals surface area (Å²) in [6.45, 7) is 2.12. The zero-order valence-corrected chi connectivity index (χ0v) is 12.0. The molecule has 19 heavy (non-hydrogen) atoms. The van der Waals surface area contributed by atoms with Crippen LogP contribution in [0.4, 0.5) is 0 Å². The molecule has 0 radical (unpaired) electrons. The van der Waals surface area contributed by atoms with E-state index in [-0.39, 0.29) is 0 Å². The summed E-state index contributed by atoms with van der Waals surface area (Å²) in [7, 11) is 2.19. The zero-order chi connectivity index (χ0) is 13.2. The lowest BCUT2D eigenvalue weighted by Crippen LogP contribution is -2.41. The summed E-state index contributed by atoms with van der Waals surface area (Å²) in [6, 6.07) is 3.30. The second-order valence-corrected chi connectivity index (χ2v) is 6.52. The molecule has 2 fully saturated rings. The van der Waals surface area contributed by atoms with Crippen molar-refractivity contribution in [1.29, 1.82) is 0 Å². The van der Waals surface area contributed by atoms with Gasteiger partial charge in [0, 0.05) is 25.3 Å². The van der Waals surface area contributed by atoms with Crippen molar-refractivity contribution < 1.29 is 0 Å². The first kappa shape index (κ1) is 13.1. The lowest BCUT2D eigenvalue weighted by molar-refractivity contribution is 0.177. The normalized spacial score (nSPS) is 27.9. The minimum absolute atomic E-state index is 0.458. The van der Waals surface area contributed by atoms with Crippen LogP contribution in [-0.4, -0.2) is 34.3 Å². The summed E-state index contributed by atoms with van der Waals surface area (Å²) in [5, 5.41) is 4.75. The van der Waals surface area contributed by atoms with Gasteiger partial charge in [-0.25, -0.2) is 0 Å². The van der Waals surface area contributed by atoms with E-state index in [4.69, 9.17) is 10.8 Å². The lowest BCUT2D eigenvalue weighted by atomic mass is 9.80. The SMILES string of the molecule is CN(Cc1ccn(C2CCCC2)n1)CC1CC(N)C1. The second kappa shape index (κ2) is 5.63. The Morgan fingerprint density at radius 3 is 2.79 bits per heavy atom. The van der Waals surface area contributed by atoms with E-state index >= 15 is 0 Å². The van der Waals surface area contributed by atoms with Crippen LogP contribution in [0, 0.1) is 5.92 Å². The molecule has 0 spiro atoms. The van der Waals surface area contributed by atoms with Gasteiger partial charge in [-0.1, -0.05) is 12.8 Å². The van der Waals surface area contributed by atoms with Gasteiger partial charge in [0.1, 0.15) is 0 Å². The predicted molar refractivity (Wildman–Crippen MR) is 76.8 cm³/mol. The topological polar surface area (TPSA) is 47.1 Å². The van der Waals surface area contributed by atoms with Gasteiger partial charge >= 0.3 is 0 Å². The number of aromatic nitrogens is 2. The Labute approximate surface area is 116 Å². The standard InChI is InChI=1S/C15H26N4/c1-18(10-12-8-13(16)9-12)11-14-6-7-19(17-14)15-4-2-3-5-15/h6-7,12-13,15H,2-5,8-11,16H2,1H3. The smallest absolute Gasteiger partial charge is 0.0764 e. The molecule has 106 valence electrons. The van der Waals surface area contributed by atoms with Gasteiger partial charge in [0.05, 0.1) is 11.7 Å². The van der Waals surface area contributed by atoms with E-state index < -0.39 is 0 Å². The maximum atomic E-state index is 5.84. The molecule has 4 nitrogen and oxygen atoms in total. The fourth-order valence-electron chi connectivity index (χ4n) is 3.55. The second-order valence-electron chi connectivity index (χ2n) is 6.52. The number of nitrogens with two attached hydrogens (primary N) is 1. The van der Waals surface area contributed by atoms with Crippen molar-refractivity contribution in [1.82, 2.24) is 14.7 Å². The summed E-state index contributed by atoms with van der Waals surface area (Å²) in [5.74, 6) is 0.803. The van der Waals surface area contributed by atoms with Crippen molar-refractivity contribution in [2.75, 3.05) is 13.6 Å². The maximum Gasteiger partial charge on any atom is 0.0764 e. The molecule has 1 aromatic rings. The zero-order valence-electron chi connectivity index (χ0n) is 12.0. The predicted octanol–water partition coefficient (Wildman–Crippen LogP) is 2.17. The summed E-state index contributed by atoms with van der Waals surface area (Å²) in [4.78, 5) is 2.39. The maximum absolute atomic E-state index is 5.84. The average Bonchev–Trinajstić information content (AvgIpc) is 2.96. The number of nitrogens with zero attached hydrogens (tertiary/aromatic N) is 3. The van der Waals surface area contributed by atoms with Crippen LogP contribution in [0.5, 0.6) is 0 Å². The molecule has 0 atom stereocenters. The molecule has 0 unspecified atom stereocenters. The van der Waals surface area contributed by atoms with Crippen molar-refractivity contribution in [3.8, 4) is 0 Å². The van der Waals surface area contributed by atoms with E-state index in [0.717, 1.165) is 19.0 Å². The van der Waals surface area contributed by atoms with Crippen molar-refractivity contribution in [2.45, 2.75) is 57.2 Å². The van der Waals surface area contributed by atoms with E-state index in [1.165, 1.54) is 44.2 Å². The highest BCUT2D eigenvalue weighted by Crippen LogP contribution is 2.29. The van der Waals surface area contributed by atoms with Crippen LogP contribution < -0.4 is 5.73 Å². The van der Waals surface area contributed by atoms with E-state index in [9.17, 15) is 0 Å². The van der Waals surface area contributed by atoms with Crippen molar-refractivity contribution in [2.24, 2.45) is 11.7 Å². The molecular formula is C15H26N4. The lowest BCUT2D eigenvalue weighted by Gasteiger charge is -2.35. The molecule has 2 aliphatic rings. The monoisotopic (exact) mass is 262 g/mol. The van der Waals surface area contributed by atoms with Crippen molar-refractivity contribution in [3.05, 3.63) is 18.0 Å². The van der Waals surface area contributed by atoms with E-state index in [2.05, 4.69) is 28.9 Å². The summed E-state index contributed by atoms with van der Waals surface area (Å²) >= 11 is 0. The summed E-state index contributed by atoms with van der Waals surface area (Å²) in [5.41, 5.74) is 7.04. The van der Waals surface area contributed by atoms with Gasteiger partial charge in [-0.15, -0.1) is 0 Å². The fraction of sp³-hybridized carbons (Fsp3) is 0.800. The molecule has 2 aliphatic carbocycles. The highest BCUT2D eigenvalue weighted by atomic mass is 15.3. The first-order valence-corrected chi connectivity index (χ1v) is 7.69. The van der Waals surface area contributed by atoms with Crippen LogP contribution in [0.3, 0.4) is 0 Å². The molecule has 2 N–H and O–H groups in total. The van der Waals surface area contributed by atoms with Crippen molar-refractivity contribution in [3.63, 3.8) is 0 Å². The molecule has 0 amide bonds. The minimum atomic E-state index is 0.458. The van der Waals surface area contributed by atoms with Gasteiger partial charge in [-0.2, -0.15) is 5.10 Å². The van der Waals surface area contributed by atoms with E-state index in [0.29, 0.717) is 12.1 Å². The van der Waals surface area contributed by atoms with Crippen molar-refractivity contribution >= 4 is 0 Å². The summed E-state index contributed by atoms with van der Waals surface area (Å²) in [6.07, 6.45) is 9.89. The molecule has 1 aromatic heterocycles. The number of rotatable bonds is 5. The Morgan fingerprint density at radius 2 is 2.11 bits per heavy atom. The molecule has 2 saturated carbocycles. The third kappa shape index (κ3) is 3.18. The van der Waals surface area contributed by atoms with Gasteiger partial charge in [0.15, 0.2) is 0 Å². The molecule has 4 heteroatoms. The highest BCUT2D eigenvalue weighted by molar-refractivity contribution is 5.00. The van der Waals surface area contributed by atoms with Gasteiger partial charge < -0.3 is 10.6 Å². The first-order chi connectivity index (χ1) is 9.20. The van der Waals surface area contributed by atoms with E-state index in [1.54, 1.807) is 0 Å². The third-order valence-corrected chi connectivity index (χ3v) is 4.64. The molecule has 3 rings (SSSR count). The van der Waals surface area contributed by atoms with Crippen LogP contribution in [0.25, 0.3) is 0 Å². The molecule has 1 heterocycles. The van der Waals surface area contributed by atoms with Crippen LogP contribution in [0.15, 0.2) is 12.3 Å². The van der Waals surface area contributed by atoms with Gasteiger partial charge in [0.25, 0.3) is 0 Å². The van der Waals surface area contributed by atoms with Crippen LogP contribution >= 0.6 is 0 Å².